The highest BCUT2D eigenvalue weighted by Crippen LogP contribution is 2.21. The Morgan fingerprint density at radius 1 is 1.39 bits per heavy atom. The zero-order valence-corrected chi connectivity index (χ0v) is 12.3. The van der Waals surface area contributed by atoms with E-state index in [-0.39, 0.29) is 6.04 Å². The maximum absolute atomic E-state index is 10.2. The summed E-state index contributed by atoms with van der Waals surface area (Å²) >= 11 is 6.01. The lowest BCUT2D eigenvalue weighted by molar-refractivity contribution is 0.0470. The lowest BCUT2D eigenvalue weighted by Gasteiger charge is -2.27. The van der Waals surface area contributed by atoms with Gasteiger partial charge in [-0.3, -0.25) is 0 Å². The molecule has 0 radical (unpaired) electrons. The number of aliphatic hydroxyl groups is 1. The van der Waals surface area contributed by atoms with Gasteiger partial charge in [0, 0.05) is 17.6 Å². The maximum Gasteiger partial charge on any atom is 0.0743 e. The zero-order chi connectivity index (χ0) is 13.6. The smallest absolute Gasteiger partial charge is 0.0743 e. The molecule has 2 atom stereocenters. The average molecular weight is 270 g/mol. The average Bonchev–Trinajstić information content (AvgIpc) is 2.29. The molecule has 0 saturated carbocycles. The van der Waals surface area contributed by atoms with Gasteiger partial charge in [0.2, 0.25) is 0 Å². The van der Waals surface area contributed by atoms with Crippen molar-refractivity contribution in [3.8, 4) is 0 Å². The minimum Gasteiger partial charge on any atom is -0.389 e. The normalized spacial score (nSPS) is 16.3. The number of hydrogen-bond donors (Lipinski definition) is 2. The molecule has 0 aliphatic heterocycles. The van der Waals surface area contributed by atoms with Crippen molar-refractivity contribution in [1.82, 2.24) is 5.32 Å². The van der Waals surface area contributed by atoms with Crippen LogP contribution in [0.15, 0.2) is 24.3 Å². The first-order valence-electron chi connectivity index (χ1n) is 6.69. The van der Waals surface area contributed by atoms with Gasteiger partial charge in [0.05, 0.1) is 5.60 Å². The summed E-state index contributed by atoms with van der Waals surface area (Å²) in [6.45, 7) is 6.70. The lowest BCUT2D eigenvalue weighted by atomic mass is 9.98. The maximum atomic E-state index is 10.2. The molecule has 0 spiro atoms. The highest BCUT2D eigenvalue weighted by molar-refractivity contribution is 6.30. The minimum atomic E-state index is -0.638. The molecule has 2 nitrogen and oxygen atoms in total. The van der Waals surface area contributed by atoms with Gasteiger partial charge in [-0.05, 0) is 37.5 Å². The van der Waals surface area contributed by atoms with Gasteiger partial charge in [0.15, 0.2) is 0 Å². The lowest BCUT2D eigenvalue weighted by Crippen LogP contribution is -2.39. The second-order valence-corrected chi connectivity index (χ2v) is 5.58. The van der Waals surface area contributed by atoms with Crippen LogP contribution in [0.5, 0.6) is 0 Å². The summed E-state index contributed by atoms with van der Waals surface area (Å²) in [7, 11) is 0. The first kappa shape index (κ1) is 15.5. The number of rotatable bonds is 7. The van der Waals surface area contributed by atoms with Crippen LogP contribution in [0.4, 0.5) is 0 Å². The van der Waals surface area contributed by atoms with Gasteiger partial charge in [0.25, 0.3) is 0 Å². The molecule has 1 rings (SSSR count). The molecule has 18 heavy (non-hydrogen) atoms. The van der Waals surface area contributed by atoms with Crippen LogP contribution in [0.25, 0.3) is 0 Å². The standard InChI is InChI=1S/C15H24ClNO/c1-4-9-15(3,18)11-17-14(5-2)12-7-6-8-13(16)10-12/h6-8,10,14,17-18H,4-5,9,11H2,1-3H3. The summed E-state index contributed by atoms with van der Waals surface area (Å²) in [5, 5.41) is 14.4. The number of nitrogens with one attached hydrogen (secondary N) is 1. The first-order chi connectivity index (χ1) is 8.48. The van der Waals surface area contributed by atoms with Crippen LogP contribution < -0.4 is 5.32 Å². The van der Waals surface area contributed by atoms with Crippen LogP contribution in [0.2, 0.25) is 5.02 Å². The van der Waals surface area contributed by atoms with Crippen LogP contribution in [-0.2, 0) is 0 Å². The van der Waals surface area contributed by atoms with E-state index in [0.717, 1.165) is 24.3 Å². The van der Waals surface area contributed by atoms with E-state index in [0.29, 0.717) is 6.54 Å². The van der Waals surface area contributed by atoms with E-state index in [4.69, 9.17) is 11.6 Å². The number of halogens is 1. The van der Waals surface area contributed by atoms with E-state index < -0.39 is 5.60 Å². The van der Waals surface area contributed by atoms with Crippen molar-refractivity contribution < 1.29 is 5.11 Å². The van der Waals surface area contributed by atoms with Crippen LogP contribution in [0.3, 0.4) is 0 Å². The van der Waals surface area contributed by atoms with E-state index in [1.54, 1.807) is 0 Å². The van der Waals surface area contributed by atoms with E-state index >= 15 is 0 Å². The quantitative estimate of drug-likeness (QED) is 0.786. The van der Waals surface area contributed by atoms with Gasteiger partial charge in [-0.15, -0.1) is 0 Å². The van der Waals surface area contributed by atoms with Gasteiger partial charge >= 0.3 is 0 Å². The summed E-state index contributed by atoms with van der Waals surface area (Å²) in [4.78, 5) is 0. The molecule has 0 aliphatic carbocycles. The van der Waals surface area contributed by atoms with Gasteiger partial charge in [0.1, 0.15) is 0 Å². The largest absolute Gasteiger partial charge is 0.389 e. The predicted molar refractivity (Wildman–Crippen MR) is 78.0 cm³/mol. The van der Waals surface area contributed by atoms with E-state index in [9.17, 15) is 5.11 Å². The third-order valence-corrected chi connectivity index (χ3v) is 3.41. The van der Waals surface area contributed by atoms with Crippen LogP contribution in [-0.4, -0.2) is 17.3 Å². The van der Waals surface area contributed by atoms with Crippen molar-refractivity contribution in [3.63, 3.8) is 0 Å². The summed E-state index contributed by atoms with van der Waals surface area (Å²) in [5.74, 6) is 0. The van der Waals surface area contributed by atoms with Crippen LogP contribution >= 0.6 is 11.6 Å². The fourth-order valence-corrected chi connectivity index (χ4v) is 2.39. The van der Waals surface area contributed by atoms with E-state index in [1.807, 2.05) is 25.1 Å². The molecule has 102 valence electrons. The van der Waals surface area contributed by atoms with Crippen LogP contribution in [0.1, 0.15) is 51.6 Å². The second kappa shape index (κ2) is 7.13. The van der Waals surface area contributed by atoms with E-state index in [1.165, 1.54) is 5.56 Å². The molecule has 1 aromatic rings. The third-order valence-electron chi connectivity index (χ3n) is 3.18. The second-order valence-electron chi connectivity index (χ2n) is 5.14. The highest BCUT2D eigenvalue weighted by Gasteiger charge is 2.20. The Bertz CT molecular complexity index is 365. The Hall–Kier alpha value is -0.570. The van der Waals surface area contributed by atoms with Crippen molar-refractivity contribution in [3.05, 3.63) is 34.9 Å². The van der Waals surface area contributed by atoms with Crippen molar-refractivity contribution in [2.45, 2.75) is 51.7 Å². The SMILES string of the molecule is CCCC(C)(O)CNC(CC)c1cccc(Cl)c1. The van der Waals surface area contributed by atoms with Crippen molar-refractivity contribution in [2.24, 2.45) is 0 Å². The molecule has 2 unspecified atom stereocenters. The Kier molecular flexibility index (Phi) is 6.13. The summed E-state index contributed by atoms with van der Waals surface area (Å²) in [6, 6.07) is 8.14. The third kappa shape index (κ3) is 4.97. The van der Waals surface area contributed by atoms with Crippen molar-refractivity contribution >= 4 is 11.6 Å². The summed E-state index contributed by atoms with van der Waals surface area (Å²) < 4.78 is 0. The molecule has 0 aromatic heterocycles. The summed E-state index contributed by atoms with van der Waals surface area (Å²) in [5.41, 5.74) is 0.540. The topological polar surface area (TPSA) is 32.3 Å². The van der Waals surface area contributed by atoms with Gasteiger partial charge in [-0.25, -0.2) is 0 Å². The van der Waals surface area contributed by atoms with Gasteiger partial charge < -0.3 is 10.4 Å². The Balaban J connectivity index is 2.63. The molecule has 0 aliphatic rings. The number of hydrogen-bond acceptors (Lipinski definition) is 2. The fraction of sp³-hybridized carbons (Fsp3) is 0.600. The first-order valence-corrected chi connectivity index (χ1v) is 7.07. The van der Waals surface area contributed by atoms with E-state index in [2.05, 4.69) is 25.2 Å². The number of benzene rings is 1. The van der Waals surface area contributed by atoms with Gasteiger partial charge in [-0.1, -0.05) is 44.0 Å². The molecule has 0 fully saturated rings. The molecule has 0 amide bonds. The van der Waals surface area contributed by atoms with Crippen molar-refractivity contribution in [1.29, 1.82) is 0 Å². The minimum absolute atomic E-state index is 0.243. The molecular weight excluding hydrogens is 246 g/mol. The predicted octanol–water partition coefficient (Wildman–Crippen LogP) is 3.93. The molecule has 0 bridgehead atoms. The molecule has 0 saturated heterocycles. The van der Waals surface area contributed by atoms with Crippen LogP contribution in [0, 0.1) is 0 Å². The zero-order valence-electron chi connectivity index (χ0n) is 11.5. The fourth-order valence-electron chi connectivity index (χ4n) is 2.19. The molecular formula is C15H24ClNO. The highest BCUT2D eigenvalue weighted by atomic mass is 35.5. The summed E-state index contributed by atoms with van der Waals surface area (Å²) in [6.07, 6.45) is 2.77. The monoisotopic (exact) mass is 269 g/mol. The Morgan fingerprint density at radius 2 is 2.11 bits per heavy atom. The Morgan fingerprint density at radius 3 is 2.67 bits per heavy atom. The molecule has 3 heteroatoms. The Labute approximate surface area is 115 Å². The molecule has 2 N–H and O–H groups in total. The van der Waals surface area contributed by atoms with Gasteiger partial charge in [-0.2, -0.15) is 0 Å². The molecule has 1 aromatic carbocycles. The molecule has 0 heterocycles. The van der Waals surface area contributed by atoms with Crippen molar-refractivity contribution in [2.75, 3.05) is 6.54 Å².